The Hall–Kier alpha value is -5.34. The van der Waals surface area contributed by atoms with Crippen molar-refractivity contribution < 1.29 is 42.9 Å². The molecule has 0 aliphatic rings. The van der Waals surface area contributed by atoms with Crippen LogP contribution in [0, 0.1) is 0 Å². The highest BCUT2D eigenvalue weighted by molar-refractivity contribution is 6.16. The number of ether oxygens (including phenoxy) is 4. The van der Waals surface area contributed by atoms with Crippen molar-refractivity contribution in [1.82, 2.24) is 30.3 Å². The average molecular weight is 865 g/mol. The van der Waals surface area contributed by atoms with Gasteiger partial charge in [-0.05, 0) is 127 Å². The highest BCUT2D eigenvalue weighted by Gasteiger charge is 2.26. The number of unbranched alkanes of at least 4 members (excludes halogenated alkanes) is 1. The number of rotatable bonds is 18. The monoisotopic (exact) mass is 865 g/mol. The molecule has 1 heterocycles. The van der Waals surface area contributed by atoms with Gasteiger partial charge in [0.05, 0.1) is 16.6 Å². The van der Waals surface area contributed by atoms with Gasteiger partial charge in [-0.3, -0.25) is 4.79 Å². The number of para-hydroxylation sites is 2. The maximum Gasteiger partial charge on any atom is 0.410 e. The molecule has 0 unspecified atom stereocenters. The van der Waals surface area contributed by atoms with Crippen LogP contribution in [0.15, 0.2) is 48.5 Å². The first-order valence-corrected chi connectivity index (χ1v) is 21.8. The molecule has 344 valence electrons. The van der Waals surface area contributed by atoms with Crippen LogP contribution in [0.1, 0.15) is 126 Å². The Kier molecular flexibility index (Phi) is 18.6. The van der Waals surface area contributed by atoms with Crippen LogP contribution < -0.4 is 10.6 Å². The predicted octanol–water partition coefficient (Wildman–Crippen LogP) is 9.30. The summed E-state index contributed by atoms with van der Waals surface area (Å²) in [6.07, 6.45) is 0.583. The van der Waals surface area contributed by atoms with E-state index in [4.69, 9.17) is 23.9 Å². The number of pyridine rings is 1. The van der Waals surface area contributed by atoms with E-state index in [2.05, 4.69) is 10.6 Å². The Labute approximate surface area is 368 Å². The minimum atomic E-state index is -0.725. The topological polar surface area (TPSA) is 169 Å². The van der Waals surface area contributed by atoms with Crippen LogP contribution in [0.5, 0.6) is 0 Å². The number of nitrogens with one attached hydrogen (secondary N) is 2. The molecule has 15 heteroatoms. The zero-order valence-corrected chi connectivity index (χ0v) is 39.3. The van der Waals surface area contributed by atoms with Crippen LogP contribution in [0.2, 0.25) is 0 Å². The van der Waals surface area contributed by atoms with Gasteiger partial charge >= 0.3 is 24.4 Å². The lowest BCUT2D eigenvalue weighted by atomic mass is 10.0. The van der Waals surface area contributed by atoms with Crippen molar-refractivity contribution in [2.24, 2.45) is 0 Å². The Morgan fingerprint density at radius 3 is 1.19 bits per heavy atom. The fourth-order valence-corrected chi connectivity index (χ4v) is 6.34. The molecule has 5 amide bonds. The molecule has 2 N–H and O–H groups in total. The van der Waals surface area contributed by atoms with Crippen molar-refractivity contribution in [1.29, 1.82) is 0 Å². The van der Waals surface area contributed by atoms with E-state index in [-0.39, 0.29) is 5.91 Å². The molecule has 0 atom stereocenters. The molecule has 0 spiro atoms. The van der Waals surface area contributed by atoms with Gasteiger partial charge in [-0.15, -0.1) is 0 Å². The van der Waals surface area contributed by atoms with Crippen LogP contribution in [-0.4, -0.2) is 125 Å². The van der Waals surface area contributed by atoms with E-state index in [1.807, 2.05) is 90.1 Å². The first-order chi connectivity index (χ1) is 28.8. The summed E-state index contributed by atoms with van der Waals surface area (Å²) in [5, 5.41) is 7.30. The second-order valence-electron chi connectivity index (χ2n) is 19.4. The zero-order chi connectivity index (χ0) is 46.3. The molecule has 0 aliphatic heterocycles. The average Bonchev–Trinajstić information content (AvgIpc) is 3.13. The number of amides is 5. The van der Waals surface area contributed by atoms with Gasteiger partial charge in [0, 0.05) is 63.1 Å². The Balaban J connectivity index is 1.63. The maximum atomic E-state index is 13.7. The third-order valence-electron chi connectivity index (χ3n) is 8.90. The maximum absolute atomic E-state index is 13.7. The van der Waals surface area contributed by atoms with E-state index >= 15 is 0 Å². The van der Waals surface area contributed by atoms with Crippen LogP contribution in [-0.2, 0) is 18.9 Å². The molecule has 0 saturated heterocycles. The van der Waals surface area contributed by atoms with Crippen molar-refractivity contribution in [3.05, 3.63) is 54.1 Å². The van der Waals surface area contributed by atoms with E-state index < -0.39 is 46.8 Å². The molecule has 3 aromatic rings. The number of hydrogen-bond acceptors (Lipinski definition) is 10. The molecule has 0 saturated carbocycles. The number of fused-ring (bicyclic) bond motifs is 2. The summed E-state index contributed by atoms with van der Waals surface area (Å²) in [5.74, 6) is -0.221. The van der Waals surface area contributed by atoms with Gasteiger partial charge in [0.15, 0.2) is 0 Å². The second kappa shape index (κ2) is 22.7. The number of nitrogens with zero attached hydrogens (tertiary/aromatic N) is 4. The summed E-state index contributed by atoms with van der Waals surface area (Å²) in [6, 6.07) is 15.1. The summed E-state index contributed by atoms with van der Waals surface area (Å²) in [6.45, 7) is 24.3. The van der Waals surface area contributed by atoms with Crippen molar-refractivity contribution in [2.45, 2.75) is 138 Å². The minimum absolute atomic E-state index is 0.221. The smallest absolute Gasteiger partial charge is 0.410 e. The molecule has 0 aliphatic carbocycles. The van der Waals surface area contributed by atoms with E-state index in [0.29, 0.717) is 90.0 Å². The van der Waals surface area contributed by atoms with E-state index in [9.17, 15) is 24.0 Å². The van der Waals surface area contributed by atoms with Gasteiger partial charge in [-0.2, -0.15) is 0 Å². The lowest BCUT2D eigenvalue weighted by Gasteiger charge is -2.30. The van der Waals surface area contributed by atoms with Crippen LogP contribution in [0.25, 0.3) is 21.8 Å². The summed E-state index contributed by atoms with van der Waals surface area (Å²) in [4.78, 5) is 75.4. The Bertz CT molecular complexity index is 1910. The summed E-state index contributed by atoms with van der Waals surface area (Å²) < 4.78 is 22.5. The lowest BCUT2D eigenvalue weighted by molar-refractivity contribution is 0.0181. The highest BCUT2D eigenvalue weighted by Crippen LogP contribution is 2.26. The number of carbonyl (C=O) groups is 5. The SMILES string of the molecule is CC(C)(C)OC(=O)NCCCN(CCCCN(CCCN(CCCNC(=O)c1c2ccccc2nc2ccccc12)C(=O)OC(C)(C)C)C(=O)OC(C)(C)C)C(=O)OC(C)(C)C. The number of benzene rings is 2. The van der Waals surface area contributed by atoms with Gasteiger partial charge in [0.1, 0.15) is 22.4 Å². The van der Waals surface area contributed by atoms with Gasteiger partial charge in [0.25, 0.3) is 5.91 Å². The Morgan fingerprint density at radius 2 is 0.806 bits per heavy atom. The predicted molar refractivity (Wildman–Crippen MR) is 242 cm³/mol. The zero-order valence-electron chi connectivity index (χ0n) is 39.3. The summed E-state index contributed by atoms with van der Waals surface area (Å²) in [7, 11) is 0. The molecule has 0 radical (unpaired) electrons. The van der Waals surface area contributed by atoms with Gasteiger partial charge in [0.2, 0.25) is 0 Å². The second-order valence-corrected chi connectivity index (χ2v) is 19.4. The Morgan fingerprint density at radius 1 is 0.468 bits per heavy atom. The fraction of sp³-hybridized carbons (Fsp3) is 0.617. The number of hydrogen-bond donors (Lipinski definition) is 2. The molecule has 62 heavy (non-hydrogen) atoms. The van der Waals surface area contributed by atoms with E-state index in [1.165, 1.54) is 0 Å². The van der Waals surface area contributed by atoms with Crippen LogP contribution >= 0.6 is 0 Å². The number of carbonyl (C=O) groups excluding carboxylic acids is 5. The van der Waals surface area contributed by atoms with Gasteiger partial charge in [-0.1, -0.05) is 36.4 Å². The normalized spacial score (nSPS) is 12.1. The van der Waals surface area contributed by atoms with Crippen LogP contribution in [0.4, 0.5) is 19.2 Å². The summed E-state index contributed by atoms with van der Waals surface area (Å²) in [5.41, 5.74) is -0.734. The molecule has 15 nitrogen and oxygen atoms in total. The standard InChI is InChI=1S/C47H72N6O9/c1-44(2,3)59-40(55)49-27-20-31-51(41(56)60-45(4,5)6)28-17-18-29-52(42(57)61-46(7,8)9)32-21-33-53(43(58)62-47(10,11)12)30-19-26-48-39(54)38-34-22-13-15-24-36(34)50-37-25-16-14-23-35(37)38/h13-16,22-25H,17-21,26-33H2,1-12H3,(H,48,54)(H,49,55). The van der Waals surface area contributed by atoms with E-state index in [1.54, 1.807) is 56.2 Å². The molecule has 2 aromatic carbocycles. The lowest BCUT2D eigenvalue weighted by Crippen LogP contribution is -2.42. The highest BCUT2D eigenvalue weighted by atomic mass is 16.6. The first-order valence-electron chi connectivity index (χ1n) is 21.8. The van der Waals surface area contributed by atoms with Crippen LogP contribution in [0.3, 0.4) is 0 Å². The van der Waals surface area contributed by atoms with Gasteiger partial charge in [-0.25, -0.2) is 24.2 Å². The molecule has 0 fully saturated rings. The molecule has 1 aromatic heterocycles. The molecular weight excluding hydrogens is 793 g/mol. The van der Waals surface area contributed by atoms with Crippen molar-refractivity contribution >= 4 is 52.1 Å². The number of aromatic nitrogens is 1. The van der Waals surface area contributed by atoms with Gasteiger partial charge < -0.3 is 44.3 Å². The van der Waals surface area contributed by atoms with Crippen molar-refractivity contribution in [2.75, 3.05) is 52.4 Å². The number of alkyl carbamates (subject to hydrolysis) is 1. The summed E-state index contributed by atoms with van der Waals surface area (Å²) >= 11 is 0. The first kappa shape index (κ1) is 51.0. The third kappa shape index (κ3) is 18.7. The van der Waals surface area contributed by atoms with E-state index in [0.717, 1.165) is 21.8 Å². The molecular formula is C47H72N6O9. The minimum Gasteiger partial charge on any atom is -0.444 e. The largest absolute Gasteiger partial charge is 0.444 e. The fourth-order valence-electron chi connectivity index (χ4n) is 6.34. The van der Waals surface area contributed by atoms with Crippen molar-refractivity contribution in [3.8, 4) is 0 Å². The quantitative estimate of drug-likeness (QED) is 0.0714. The van der Waals surface area contributed by atoms with Crippen molar-refractivity contribution in [3.63, 3.8) is 0 Å². The molecule has 0 bridgehead atoms. The third-order valence-corrected chi connectivity index (χ3v) is 8.90. The molecule has 3 rings (SSSR count).